The number of rotatable bonds is 5. The van der Waals surface area contributed by atoms with Crippen LogP contribution in [0.15, 0.2) is 33.7 Å². The average Bonchev–Trinajstić information content (AvgIpc) is 2.46. The number of benzene rings is 1. The van der Waals surface area contributed by atoms with Crippen LogP contribution in [0.1, 0.15) is 5.56 Å². The lowest BCUT2D eigenvalue weighted by Gasteiger charge is -2.12. The van der Waals surface area contributed by atoms with Crippen LogP contribution in [-0.2, 0) is 11.3 Å². The van der Waals surface area contributed by atoms with E-state index < -0.39 is 0 Å². The van der Waals surface area contributed by atoms with Gasteiger partial charge in [0.25, 0.3) is 0 Å². The summed E-state index contributed by atoms with van der Waals surface area (Å²) in [6.45, 7) is 1.16. The third-order valence-electron chi connectivity index (χ3n) is 2.87. The summed E-state index contributed by atoms with van der Waals surface area (Å²) in [5, 5.41) is 18.2. The number of aliphatic hydroxyl groups excluding tert-OH is 1. The van der Waals surface area contributed by atoms with Gasteiger partial charge in [0.1, 0.15) is 11.6 Å². The van der Waals surface area contributed by atoms with E-state index in [0.29, 0.717) is 18.5 Å². The summed E-state index contributed by atoms with van der Waals surface area (Å²) in [6.07, 6.45) is 1.54. The van der Waals surface area contributed by atoms with Crippen LogP contribution in [0, 0.1) is 11.3 Å². The Morgan fingerprint density at radius 1 is 1.40 bits per heavy atom. The van der Waals surface area contributed by atoms with Gasteiger partial charge in [-0.3, -0.25) is 4.79 Å². The smallest absolute Gasteiger partial charge is 0.207 e. The molecule has 0 unspecified atom stereocenters. The number of hydrogen-bond donors (Lipinski definition) is 1. The standard InChI is InChI=1S/C14H13BrN2O3/c15-11-1-2-13-12(7-11)14(19)10(8-16)9-17(13)3-5-20-6-4-18/h1-2,7,9,18H,3-6H2. The molecule has 1 heterocycles. The molecule has 0 spiro atoms. The molecule has 5 nitrogen and oxygen atoms in total. The number of ether oxygens (including phenoxy) is 1. The first-order chi connectivity index (χ1) is 9.67. The minimum atomic E-state index is -0.267. The van der Waals surface area contributed by atoms with E-state index in [0.717, 1.165) is 9.99 Å². The average molecular weight is 337 g/mol. The van der Waals surface area contributed by atoms with Crippen molar-refractivity contribution in [2.45, 2.75) is 6.54 Å². The number of nitrogens with zero attached hydrogens (tertiary/aromatic N) is 2. The molecule has 0 amide bonds. The Bertz CT molecular complexity index is 719. The lowest BCUT2D eigenvalue weighted by Crippen LogP contribution is -2.15. The van der Waals surface area contributed by atoms with Crippen molar-refractivity contribution in [3.63, 3.8) is 0 Å². The van der Waals surface area contributed by atoms with Gasteiger partial charge in [0.2, 0.25) is 5.43 Å². The van der Waals surface area contributed by atoms with E-state index in [2.05, 4.69) is 15.9 Å². The van der Waals surface area contributed by atoms with Crippen LogP contribution in [0.4, 0.5) is 0 Å². The predicted molar refractivity (Wildman–Crippen MR) is 78.5 cm³/mol. The molecule has 2 rings (SSSR count). The monoisotopic (exact) mass is 336 g/mol. The van der Waals surface area contributed by atoms with Crippen LogP contribution in [0.25, 0.3) is 10.9 Å². The van der Waals surface area contributed by atoms with Gasteiger partial charge in [-0.15, -0.1) is 0 Å². The summed E-state index contributed by atoms with van der Waals surface area (Å²) in [6, 6.07) is 7.30. The quantitative estimate of drug-likeness (QED) is 0.842. The zero-order valence-electron chi connectivity index (χ0n) is 10.7. The van der Waals surface area contributed by atoms with Crippen molar-refractivity contribution in [2.75, 3.05) is 19.8 Å². The molecule has 2 aromatic rings. The second-order valence-corrected chi connectivity index (χ2v) is 5.09. The van der Waals surface area contributed by atoms with Crippen molar-refractivity contribution in [1.82, 2.24) is 4.57 Å². The summed E-state index contributed by atoms with van der Waals surface area (Å²) in [5.41, 5.74) is 0.596. The fourth-order valence-electron chi connectivity index (χ4n) is 1.96. The fraction of sp³-hybridized carbons (Fsp3) is 0.286. The van der Waals surface area contributed by atoms with Crippen molar-refractivity contribution < 1.29 is 9.84 Å². The molecule has 0 aliphatic heterocycles. The predicted octanol–water partition coefficient (Wildman–Crippen LogP) is 1.64. The van der Waals surface area contributed by atoms with Crippen LogP contribution in [0.2, 0.25) is 0 Å². The molecule has 6 heteroatoms. The van der Waals surface area contributed by atoms with Gasteiger partial charge < -0.3 is 14.4 Å². The first-order valence-electron chi connectivity index (χ1n) is 6.09. The summed E-state index contributed by atoms with van der Waals surface area (Å²) < 4.78 is 7.83. The minimum Gasteiger partial charge on any atom is -0.394 e. The normalized spacial score (nSPS) is 10.7. The largest absolute Gasteiger partial charge is 0.394 e. The Labute approximate surface area is 124 Å². The van der Waals surface area contributed by atoms with Gasteiger partial charge >= 0.3 is 0 Å². The second-order valence-electron chi connectivity index (χ2n) is 4.17. The number of pyridine rings is 1. The number of hydrogen-bond acceptors (Lipinski definition) is 4. The van der Waals surface area contributed by atoms with Gasteiger partial charge in [0.05, 0.1) is 25.3 Å². The maximum absolute atomic E-state index is 12.1. The molecular formula is C14H13BrN2O3. The highest BCUT2D eigenvalue weighted by Crippen LogP contribution is 2.18. The summed E-state index contributed by atoms with van der Waals surface area (Å²) in [4.78, 5) is 12.1. The molecule has 0 aliphatic carbocycles. The number of fused-ring (bicyclic) bond motifs is 1. The van der Waals surface area contributed by atoms with E-state index in [1.54, 1.807) is 12.3 Å². The van der Waals surface area contributed by atoms with Gasteiger partial charge in [0.15, 0.2) is 0 Å². The van der Waals surface area contributed by atoms with Gasteiger partial charge in [-0.1, -0.05) is 15.9 Å². The molecule has 104 valence electrons. The van der Waals surface area contributed by atoms with Crippen LogP contribution < -0.4 is 5.43 Å². The topological polar surface area (TPSA) is 75.2 Å². The zero-order chi connectivity index (χ0) is 14.5. The number of halogens is 1. The number of aromatic nitrogens is 1. The van der Waals surface area contributed by atoms with Crippen LogP contribution in [0.3, 0.4) is 0 Å². The first-order valence-corrected chi connectivity index (χ1v) is 6.88. The Kier molecular flexibility index (Phi) is 4.90. The summed E-state index contributed by atoms with van der Waals surface area (Å²) in [5.74, 6) is 0. The summed E-state index contributed by atoms with van der Waals surface area (Å²) in [7, 11) is 0. The fourth-order valence-corrected chi connectivity index (χ4v) is 2.32. The number of aliphatic hydroxyl groups is 1. The van der Waals surface area contributed by atoms with Crippen LogP contribution >= 0.6 is 15.9 Å². The van der Waals surface area contributed by atoms with Gasteiger partial charge in [-0.2, -0.15) is 5.26 Å². The molecule has 1 aromatic heterocycles. The van der Waals surface area contributed by atoms with Gasteiger partial charge in [0, 0.05) is 22.6 Å². The van der Waals surface area contributed by atoms with Crippen molar-refractivity contribution in [1.29, 1.82) is 5.26 Å². The van der Waals surface area contributed by atoms with Crippen LogP contribution in [0.5, 0.6) is 0 Å². The van der Waals surface area contributed by atoms with Crippen molar-refractivity contribution in [3.05, 3.63) is 44.7 Å². The maximum atomic E-state index is 12.1. The van der Waals surface area contributed by atoms with Crippen LogP contribution in [-0.4, -0.2) is 29.5 Å². The van der Waals surface area contributed by atoms with E-state index in [4.69, 9.17) is 15.1 Å². The lowest BCUT2D eigenvalue weighted by molar-refractivity contribution is 0.0874. The third kappa shape index (κ3) is 3.07. The Morgan fingerprint density at radius 3 is 2.90 bits per heavy atom. The highest BCUT2D eigenvalue weighted by atomic mass is 79.9. The molecule has 20 heavy (non-hydrogen) atoms. The molecule has 0 aliphatic rings. The molecule has 0 saturated heterocycles. The molecule has 0 fully saturated rings. The third-order valence-corrected chi connectivity index (χ3v) is 3.37. The molecule has 0 atom stereocenters. The van der Waals surface area contributed by atoms with E-state index in [1.807, 2.05) is 22.8 Å². The molecular weight excluding hydrogens is 324 g/mol. The molecule has 0 radical (unpaired) electrons. The Balaban J connectivity index is 2.46. The Hall–Kier alpha value is -1.68. The highest BCUT2D eigenvalue weighted by molar-refractivity contribution is 9.10. The molecule has 1 aromatic carbocycles. The zero-order valence-corrected chi connectivity index (χ0v) is 12.3. The maximum Gasteiger partial charge on any atom is 0.207 e. The van der Waals surface area contributed by atoms with E-state index in [9.17, 15) is 4.79 Å². The second kappa shape index (κ2) is 6.66. The lowest BCUT2D eigenvalue weighted by atomic mass is 10.1. The Morgan fingerprint density at radius 2 is 2.20 bits per heavy atom. The van der Waals surface area contributed by atoms with Gasteiger partial charge in [-0.05, 0) is 18.2 Å². The first kappa shape index (κ1) is 14.7. The minimum absolute atomic E-state index is 0.0265. The molecule has 1 N–H and O–H groups in total. The molecule has 0 saturated carbocycles. The number of nitriles is 1. The van der Waals surface area contributed by atoms with Crippen molar-refractivity contribution in [2.24, 2.45) is 0 Å². The molecule has 0 bridgehead atoms. The SMILES string of the molecule is N#Cc1cn(CCOCCO)c2ccc(Br)cc2c1=O. The van der Waals surface area contributed by atoms with E-state index >= 15 is 0 Å². The van der Waals surface area contributed by atoms with Gasteiger partial charge in [-0.25, -0.2) is 0 Å². The van der Waals surface area contributed by atoms with Crippen molar-refractivity contribution >= 4 is 26.8 Å². The summed E-state index contributed by atoms with van der Waals surface area (Å²) >= 11 is 3.33. The van der Waals surface area contributed by atoms with E-state index in [-0.39, 0.29) is 24.2 Å². The van der Waals surface area contributed by atoms with Crippen molar-refractivity contribution in [3.8, 4) is 6.07 Å². The van der Waals surface area contributed by atoms with E-state index in [1.165, 1.54) is 0 Å². The highest BCUT2D eigenvalue weighted by Gasteiger charge is 2.09.